The van der Waals surface area contributed by atoms with Crippen LogP contribution in [0.15, 0.2) is 18.2 Å². The van der Waals surface area contributed by atoms with Crippen LogP contribution in [0.1, 0.15) is 36.0 Å². The van der Waals surface area contributed by atoms with Crippen molar-refractivity contribution >= 4 is 39.1 Å². The maximum atomic E-state index is 12.5. The third kappa shape index (κ3) is 4.75. The number of carbonyl (C=O) groups excluding carboxylic acids is 2. The number of nitrogens with one attached hydrogen (secondary N) is 2. The van der Waals surface area contributed by atoms with Gasteiger partial charge in [-0.25, -0.2) is 12.7 Å². The number of carbonyl (C=O) groups is 2. The largest absolute Gasteiger partial charge is 0.349 e. The van der Waals surface area contributed by atoms with E-state index in [4.69, 9.17) is 11.6 Å². The van der Waals surface area contributed by atoms with Gasteiger partial charge in [0.1, 0.15) is 0 Å². The van der Waals surface area contributed by atoms with Crippen LogP contribution in [0.5, 0.6) is 0 Å². The molecule has 0 aromatic heterocycles. The van der Waals surface area contributed by atoms with Crippen molar-refractivity contribution in [2.75, 3.05) is 24.7 Å². The summed E-state index contributed by atoms with van der Waals surface area (Å²) >= 11 is 6.18. The van der Waals surface area contributed by atoms with E-state index in [1.54, 1.807) is 18.2 Å². The first-order chi connectivity index (χ1) is 12.2. The summed E-state index contributed by atoms with van der Waals surface area (Å²) in [5.41, 5.74) is 0.858. The fourth-order valence-corrected chi connectivity index (χ4v) is 4.15. The molecule has 0 spiro atoms. The van der Waals surface area contributed by atoms with Gasteiger partial charge in [-0.3, -0.25) is 9.59 Å². The van der Waals surface area contributed by atoms with E-state index < -0.39 is 15.9 Å². The van der Waals surface area contributed by atoms with Gasteiger partial charge in [-0.15, -0.1) is 0 Å². The molecule has 3 rings (SSSR count). The molecular formula is C17H22ClN3O4S. The molecule has 7 nitrogen and oxygen atoms in total. The van der Waals surface area contributed by atoms with E-state index in [0.29, 0.717) is 30.6 Å². The summed E-state index contributed by atoms with van der Waals surface area (Å²) in [5, 5.41) is 5.90. The summed E-state index contributed by atoms with van der Waals surface area (Å²) in [4.78, 5) is 24.6. The zero-order valence-corrected chi connectivity index (χ0v) is 16.1. The third-order valence-electron chi connectivity index (χ3n) is 4.62. The molecule has 9 heteroatoms. The van der Waals surface area contributed by atoms with Crippen LogP contribution < -0.4 is 10.6 Å². The molecule has 1 heterocycles. The van der Waals surface area contributed by atoms with Gasteiger partial charge in [0, 0.05) is 24.8 Å². The Morgan fingerprint density at radius 3 is 2.58 bits per heavy atom. The summed E-state index contributed by atoms with van der Waals surface area (Å²) in [6.07, 6.45) is 4.41. The molecule has 1 aromatic rings. The van der Waals surface area contributed by atoms with Crippen molar-refractivity contribution in [3.63, 3.8) is 0 Å². The minimum atomic E-state index is -3.30. The molecule has 2 amide bonds. The maximum absolute atomic E-state index is 12.5. The number of halogens is 1. The van der Waals surface area contributed by atoms with Gasteiger partial charge in [-0.05, 0) is 43.9 Å². The van der Waals surface area contributed by atoms with E-state index in [2.05, 4.69) is 10.6 Å². The van der Waals surface area contributed by atoms with Crippen LogP contribution in [-0.2, 0) is 14.8 Å². The van der Waals surface area contributed by atoms with Crippen molar-refractivity contribution in [2.45, 2.75) is 31.7 Å². The second kappa shape index (κ2) is 7.54. The summed E-state index contributed by atoms with van der Waals surface area (Å²) in [5.74, 6) is -0.869. The highest BCUT2D eigenvalue weighted by Crippen LogP contribution is 2.25. The van der Waals surface area contributed by atoms with Crippen LogP contribution >= 0.6 is 11.6 Å². The molecule has 0 radical (unpaired) electrons. The monoisotopic (exact) mass is 399 g/mol. The molecular weight excluding hydrogens is 378 g/mol. The first kappa shape index (κ1) is 19.1. The molecule has 1 saturated heterocycles. The van der Waals surface area contributed by atoms with Gasteiger partial charge in [0.25, 0.3) is 5.91 Å². The Kier molecular flexibility index (Phi) is 5.55. The minimum absolute atomic E-state index is 0.181. The molecule has 26 heavy (non-hydrogen) atoms. The second-order valence-electron chi connectivity index (χ2n) is 6.89. The van der Waals surface area contributed by atoms with Crippen molar-refractivity contribution in [3.8, 4) is 0 Å². The lowest BCUT2D eigenvalue weighted by molar-refractivity contribution is -0.120. The molecule has 0 bridgehead atoms. The summed E-state index contributed by atoms with van der Waals surface area (Å²) in [7, 11) is -3.30. The maximum Gasteiger partial charge on any atom is 0.253 e. The first-order valence-electron chi connectivity index (χ1n) is 8.60. The highest BCUT2D eigenvalue weighted by atomic mass is 35.5. The SMILES string of the molecule is CS(=O)(=O)N1CCCC(C(=O)Nc2ccc(C(=O)NC3CC3)c(Cl)c2)C1. The molecule has 2 aliphatic rings. The minimum Gasteiger partial charge on any atom is -0.349 e. The number of hydrogen-bond donors (Lipinski definition) is 2. The van der Waals surface area contributed by atoms with Crippen molar-refractivity contribution < 1.29 is 18.0 Å². The van der Waals surface area contributed by atoms with Crippen LogP contribution in [0.2, 0.25) is 5.02 Å². The topological polar surface area (TPSA) is 95.6 Å². The number of amides is 2. The lowest BCUT2D eigenvalue weighted by atomic mass is 9.98. The Morgan fingerprint density at radius 2 is 1.96 bits per heavy atom. The molecule has 1 atom stereocenters. The van der Waals surface area contributed by atoms with Crippen LogP contribution in [0.3, 0.4) is 0 Å². The van der Waals surface area contributed by atoms with Crippen molar-refractivity contribution in [2.24, 2.45) is 5.92 Å². The molecule has 1 unspecified atom stereocenters. The fourth-order valence-electron chi connectivity index (χ4n) is 2.97. The van der Waals surface area contributed by atoms with Gasteiger partial charge in [0.15, 0.2) is 0 Å². The van der Waals surface area contributed by atoms with Crippen LogP contribution in [0.4, 0.5) is 5.69 Å². The standard InChI is InChI=1S/C17H22ClN3O4S/c1-26(24,25)21-8-2-3-11(10-21)16(22)20-13-6-7-14(15(18)9-13)17(23)19-12-4-5-12/h6-7,9,11-12H,2-5,8,10H2,1H3,(H,19,23)(H,20,22). The summed E-state index contributed by atoms with van der Waals surface area (Å²) in [6.45, 7) is 0.625. The Morgan fingerprint density at radius 1 is 1.23 bits per heavy atom. The first-order valence-corrected chi connectivity index (χ1v) is 10.8. The number of hydrogen-bond acceptors (Lipinski definition) is 4. The van der Waals surface area contributed by atoms with E-state index in [1.165, 1.54) is 4.31 Å². The van der Waals surface area contributed by atoms with Crippen LogP contribution in [-0.4, -0.2) is 49.9 Å². The fraction of sp³-hybridized carbons (Fsp3) is 0.529. The molecule has 1 aliphatic carbocycles. The van der Waals surface area contributed by atoms with Gasteiger partial charge >= 0.3 is 0 Å². The lowest BCUT2D eigenvalue weighted by Gasteiger charge is -2.30. The lowest BCUT2D eigenvalue weighted by Crippen LogP contribution is -2.43. The number of sulfonamides is 1. The van der Waals surface area contributed by atoms with Gasteiger partial charge in [0.05, 0.1) is 22.8 Å². The number of benzene rings is 1. The second-order valence-corrected chi connectivity index (χ2v) is 9.28. The van der Waals surface area contributed by atoms with Gasteiger partial charge in [-0.1, -0.05) is 11.6 Å². The quantitative estimate of drug-likeness (QED) is 0.789. The smallest absolute Gasteiger partial charge is 0.253 e. The van der Waals surface area contributed by atoms with Gasteiger partial charge in [0.2, 0.25) is 15.9 Å². The molecule has 1 saturated carbocycles. The Labute approximate surface area is 158 Å². The van der Waals surface area contributed by atoms with Crippen molar-refractivity contribution in [1.82, 2.24) is 9.62 Å². The van der Waals surface area contributed by atoms with Gasteiger partial charge < -0.3 is 10.6 Å². The highest BCUT2D eigenvalue weighted by molar-refractivity contribution is 7.88. The third-order valence-corrected chi connectivity index (χ3v) is 6.20. The number of piperidine rings is 1. The van der Waals surface area contributed by atoms with Crippen LogP contribution in [0, 0.1) is 5.92 Å². The number of anilines is 1. The van der Waals surface area contributed by atoms with E-state index in [-0.39, 0.29) is 29.4 Å². The van der Waals surface area contributed by atoms with Crippen LogP contribution in [0.25, 0.3) is 0 Å². The predicted octanol–water partition coefficient (Wildman–Crippen LogP) is 1.84. The number of nitrogens with zero attached hydrogens (tertiary/aromatic N) is 1. The summed E-state index contributed by atoms with van der Waals surface area (Å²) in [6, 6.07) is 4.99. The average Bonchev–Trinajstić information content (AvgIpc) is 3.38. The van der Waals surface area contributed by atoms with E-state index in [9.17, 15) is 18.0 Å². The zero-order chi connectivity index (χ0) is 18.9. The van der Waals surface area contributed by atoms with E-state index in [0.717, 1.165) is 19.1 Å². The molecule has 142 valence electrons. The molecule has 2 fully saturated rings. The molecule has 2 N–H and O–H groups in total. The highest BCUT2D eigenvalue weighted by Gasteiger charge is 2.30. The molecule has 1 aliphatic heterocycles. The predicted molar refractivity (Wildman–Crippen MR) is 99.7 cm³/mol. The normalized spacial score (nSPS) is 21.2. The Bertz CT molecular complexity index is 823. The van der Waals surface area contributed by atoms with E-state index >= 15 is 0 Å². The molecule has 1 aromatic carbocycles. The number of rotatable bonds is 5. The van der Waals surface area contributed by atoms with Crippen molar-refractivity contribution in [1.29, 1.82) is 0 Å². The Balaban J connectivity index is 1.63. The van der Waals surface area contributed by atoms with E-state index in [1.807, 2.05) is 0 Å². The Hall–Kier alpha value is -1.64. The van der Waals surface area contributed by atoms with Crippen molar-refractivity contribution in [3.05, 3.63) is 28.8 Å². The van der Waals surface area contributed by atoms with Gasteiger partial charge in [-0.2, -0.15) is 0 Å². The average molecular weight is 400 g/mol. The summed E-state index contributed by atoms with van der Waals surface area (Å²) < 4.78 is 24.7. The zero-order valence-electron chi connectivity index (χ0n) is 14.5.